The van der Waals surface area contributed by atoms with Gasteiger partial charge in [-0.1, -0.05) is 11.3 Å². The molecule has 0 bridgehead atoms. The molecule has 1 aromatic carbocycles. The van der Waals surface area contributed by atoms with E-state index < -0.39 is 5.82 Å². The van der Waals surface area contributed by atoms with Crippen LogP contribution in [0.4, 0.5) is 4.39 Å². The molecule has 6 heterocycles. The van der Waals surface area contributed by atoms with Gasteiger partial charge in [-0.05, 0) is 35.8 Å². The number of methoxy groups -OCH3 is 1. The first kappa shape index (κ1) is 27.5. The van der Waals surface area contributed by atoms with E-state index >= 15 is 4.39 Å². The van der Waals surface area contributed by atoms with Crippen LogP contribution in [0.15, 0.2) is 55.3 Å². The number of aromatic nitrogens is 7. The van der Waals surface area contributed by atoms with E-state index in [1.807, 2.05) is 19.2 Å². The molecule has 0 saturated heterocycles. The van der Waals surface area contributed by atoms with Crippen LogP contribution in [0.3, 0.4) is 0 Å². The number of hydrogen-bond acceptors (Lipinski definition) is 7. The summed E-state index contributed by atoms with van der Waals surface area (Å²) in [6.07, 6.45) is 11.1. The average molecular weight is 596 g/mol. The second kappa shape index (κ2) is 11.1. The van der Waals surface area contributed by atoms with Crippen LogP contribution in [0.1, 0.15) is 40.2 Å². The summed E-state index contributed by atoms with van der Waals surface area (Å²) < 4.78 is 25.5. The molecule has 4 aromatic heterocycles. The number of hydrogen-bond donors (Lipinski definition) is 1. The van der Waals surface area contributed by atoms with Crippen molar-refractivity contribution in [2.75, 3.05) is 20.2 Å². The second-order valence-corrected chi connectivity index (χ2v) is 11.0. The first-order valence-corrected chi connectivity index (χ1v) is 14.3. The van der Waals surface area contributed by atoms with E-state index in [4.69, 9.17) is 4.74 Å². The van der Waals surface area contributed by atoms with Crippen LogP contribution >= 0.6 is 0 Å². The Morgan fingerprint density at radius 3 is 2.75 bits per heavy atom. The van der Waals surface area contributed by atoms with Gasteiger partial charge in [0.15, 0.2) is 5.82 Å². The van der Waals surface area contributed by atoms with E-state index in [1.54, 1.807) is 69.4 Å². The zero-order valence-corrected chi connectivity index (χ0v) is 24.3. The van der Waals surface area contributed by atoms with Crippen molar-refractivity contribution in [3.05, 3.63) is 83.6 Å². The lowest BCUT2D eigenvalue weighted by Gasteiger charge is -2.28. The third kappa shape index (κ3) is 4.79. The number of nitrogens with zero attached hydrogens (tertiary/aromatic N) is 8. The van der Waals surface area contributed by atoms with Gasteiger partial charge in [0, 0.05) is 67.6 Å². The quantitative estimate of drug-likeness (QED) is 0.305. The van der Waals surface area contributed by atoms with E-state index in [2.05, 4.69) is 25.4 Å². The molecule has 44 heavy (non-hydrogen) atoms. The zero-order chi connectivity index (χ0) is 30.4. The van der Waals surface area contributed by atoms with Gasteiger partial charge in [0.2, 0.25) is 5.91 Å². The normalized spacial score (nSPS) is 14.7. The Hall–Kier alpha value is -5.33. The number of rotatable bonds is 7. The number of benzene rings is 1. The lowest BCUT2D eigenvalue weighted by atomic mass is 9.93. The summed E-state index contributed by atoms with van der Waals surface area (Å²) in [5, 5.41) is 12.5. The Morgan fingerprint density at radius 2 is 1.95 bits per heavy atom. The number of pyridine rings is 1. The number of halogens is 1. The summed E-state index contributed by atoms with van der Waals surface area (Å²) in [5.74, 6) is -0.233. The summed E-state index contributed by atoms with van der Waals surface area (Å²) >= 11 is 0. The number of aryl methyl sites for hydroxylation is 2. The molecular weight excluding hydrogens is 565 g/mol. The Labute approximate surface area is 251 Å². The molecule has 0 aliphatic carbocycles. The van der Waals surface area contributed by atoms with Crippen molar-refractivity contribution < 1.29 is 18.7 Å². The predicted octanol–water partition coefficient (Wildman–Crippen LogP) is 3.56. The third-order valence-electron chi connectivity index (χ3n) is 8.39. The smallest absolute Gasteiger partial charge is 0.270 e. The van der Waals surface area contributed by atoms with Crippen LogP contribution in [-0.4, -0.2) is 76.6 Å². The first-order valence-electron chi connectivity index (χ1n) is 14.3. The van der Waals surface area contributed by atoms with E-state index in [0.29, 0.717) is 66.0 Å². The van der Waals surface area contributed by atoms with Crippen LogP contribution in [0.5, 0.6) is 5.75 Å². The maximum atomic E-state index is 16.5. The molecule has 0 spiro atoms. The Bertz CT molecular complexity index is 1920. The molecule has 1 N–H and O–H groups in total. The third-order valence-corrected chi connectivity index (χ3v) is 8.39. The lowest BCUT2D eigenvalue weighted by Crippen LogP contribution is -2.36. The Balaban J connectivity index is 1.25. The highest BCUT2D eigenvalue weighted by atomic mass is 19.1. The van der Waals surface area contributed by atoms with Crippen molar-refractivity contribution in [1.82, 2.24) is 44.5 Å². The van der Waals surface area contributed by atoms with Crippen molar-refractivity contribution in [2.24, 2.45) is 7.05 Å². The number of aromatic amines is 1. The fraction of sp³-hybridized carbons (Fsp3) is 0.290. The van der Waals surface area contributed by atoms with Crippen molar-refractivity contribution in [3.8, 4) is 16.9 Å². The van der Waals surface area contributed by atoms with Crippen LogP contribution in [-0.2, 0) is 31.5 Å². The van der Waals surface area contributed by atoms with Crippen LogP contribution in [0.25, 0.3) is 27.6 Å². The predicted molar refractivity (Wildman–Crippen MR) is 159 cm³/mol. The molecule has 0 atom stereocenters. The highest BCUT2D eigenvalue weighted by Crippen LogP contribution is 2.40. The Morgan fingerprint density at radius 1 is 1.07 bits per heavy atom. The average Bonchev–Trinajstić information content (AvgIpc) is 3.86. The number of carbonyl (C=O) groups excluding carboxylic acids is 2. The molecule has 5 aromatic rings. The maximum absolute atomic E-state index is 16.5. The summed E-state index contributed by atoms with van der Waals surface area (Å²) in [4.78, 5) is 37.5. The molecule has 2 amide bonds. The fourth-order valence-electron chi connectivity index (χ4n) is 6.07. The minimum atomic E-state index is -0.479. The van der Waals surface area contributed by atoms with Gasteiger partial charge in [-0.25, -0.2) is 4.39 Å². The molecular formula is C31H30FN9O3. The summed E-state index contributed by atoms with van der Waals surface area (Å²) in [5.41, 5.74) is 4.94. The monoisotopic (exact) mass is 595 g/mol. The lowest BCUT2D eigenvalue weighted by molar-refractivity contribution is -0.131. The van der Waals surface area contributed by atoms with Gasteiger partial charge in [0.25, 0.3) is 5.91 Å². The number of amides is 2. The van der Waals surface area contributed by atoms with Crippen molar-refractivity contribution in [1.29, 1.82) is 0 Å². The number of H-pyrrole nitrogens is 1. The standard InChI is InChI=1S/C31H30FN9O3/c1-38-26-18-40(17-20(26)14-35-38)31(43)25-13-24-23(21-5-7-33-15-27(21)44-2)12-22(29(32)30(24)36-25)19-4-3-9-39(16-19)28(42)6-10-41-11-8-34-37-41/h4-5,7-8,11-15,36H,3,6,9-10,16-18H2,1-2H3. The first-order chi connectivity index (χ1) is 21.4. The number of fused-ring (bicyclic) bond motifs is 2. The number of nitrogens with one attached hydrogen (secondary N) is 1. The largest absolute Gasteiger partial charge is 0.494 e. The maximum Gasteiger partial charge on any atom is 0.270 e. The van der Waals surface area contributed by atoms with Gasteiger partial charge >= 0.3 is 0 Å². The molecule has 2 aliphatic rings. The SMILES string of the molecule is COc1cnccc1-c1cc(C2=CCCN(C(=O)CCn3ccnn3)C2)c(F)c2[nH]c(C(=O)N3Cc4cnn(C)c4C3)cc12. The van der Waals surface area contributed by atoms with Crippen LogP contribution in [0, 0.1) is 5.82 Å². The molecule has 224 valence electrons. The number of ether oxygens (including phenoxy) is 1. The van der Waals surface area contributed by atoms with E-state index in [9.17, 15) is 9.59 Å². The molecule has 7 rings (SSSR count). The molecule has 0 saturated carbocycles. The van der Waals surface area contributed by atoms with Crippen LogP contribution < -0.4 is 4.74 Å². The van der Waals surface area contributed by atoms with Crippen molar-refractivity contribution in [3.63, 3.8) is 0 Å². The highest BCUT2D eigenvalue weighted by Gasteiger charge is 2.30. The van der Waals surface area contributed by atoms with Gasteiger partial charge < -0.3 is 19.5 Å². The van der Waals surface area contributed by atoms with E-state index in [0.717, 1.165) is 11.3 Å². The van der Waals surface area contributed by atoms with Crippen molar-refractivity contribution >= 4 is 28.3 Å². The minimum Gasteiger partial charge on any atom is -0.494 e. The summed E-state index contributed by atoms with van der Waals surface area (Å²) in [7, 11) is 3.41. The molecule has 0 radical (unpaired) electrons. The van der Waals surface area contributed by atoms with Gasteiger partial charge in [-0.3, -0.25) is 23.9 Å². The topological polar surface area (TPSA) is 127 Å². The van der Waals surface area contributed by atoms with Gasteiger partial charge in [0.05, 0.1) is 50.0 Å². The van der Waals surface area contributed by atoms with Gasteiger partial charge in [-0.15, -0.1) is 5.10 Å². The number of carbonyl (C=O) groups is 2. The van der Waals surface area contributed by atoms with Crippen molar-refractivity contribution in [2.45, 2.75) is 32.5 Å². The molecule has 13 heteroatoms. The highest BCUT2D eigenvalue weighted by molar-refractivity contribution is 6.05. The summed E-state index contributed by atoms with van der Waals surface area (Å²) in [6.45, 7) is 2.08. The zero-order valence-electron chi connectivity index (χ0n) is 24.3. The molecule has 0 unspecified atom stereocenters. The second-order valence-electron chi connectivity index (χ2n) is 11.0. The van der Waals surface area contributed by atoms with Crippen LogP contribution in [0.2, 0.25) is 0 Å². The van der Waals surface area contributed by atoms with E-state index in [1.165, 1.54) is 0 Å². The molecule has 12 nitrogen and oxygen atoms in total. The fourth-order valence-corrected chi connectivity index (χ4v) is 6.07. The summed E-state index contributed by atoms with van der Waals surface area (Å²) in [6, 6.07) is 5.30. The van der Waals surface area contributed by atoms with E-state index in [-0.39, 0.29) is 36.0 Å². The Kier molecular flexibility index (Phi) is 6.91. The molecule has 0 fully saturated rings. The van der Waals surface area contributed by atoms with Gasteiger partial charge in [-0.2, -0.15) is 5.10 Å². The van der Waals surface area contributed by atoms with Gasteiger partial charge in [0.1, 0.15) is 11.4 Å². The molecule has 2 aliphatic heterocycles. The minimum absolute atomic E-state index is 0.0434.